The average molecular weight is 196 g/mol. The highest BCUT2D eigenvalue weighted by molar-refractivity contribution is 5.11. The number of hydroxylamine groups is 1. The molecule has 2 aliphatic rings. The molecule has 0 aromatic heterocycles. The molecule has 2 fully saturated rings. The Morgan fingerprint density at radius 3 is 2.64 bits per heavy atom. The van der Waals surface area contributed by atoms with E-state index < -0.39 is 0 Å². The van der Waals surface area contributed by atoms with Crippen LogP contribution in [-0.2, 0) is 4.84 Å². The minimum atomic E-state index is 0.0302. The standard InChI is InChI=1S/C11H20N2O/c1-9(2)13-8-11(5-6-12-14-11)7-10(13,3)4/h12H,1,5-8H2,2-4H3. The summed E-state index contributed by atoms with van der Waals surface area (Å²) in [5.41, 5.74) is 4.35. The number of nitrogens with one attached hydrogen (secondary N) is 1. The van der Waals surface area contributed by atoms with Gasteiger partial charge in [0, 0.05) is 30.7 Å². The van der Waals surface area contributed by atoms with Crippen molar-refractivity contribution < 1.29 is 4.84 Å². The van der Waals surface area contributed by atoms with Crippen molar-refractivity contribution in [2.45, 2.75) is 44.8 Å². The third-order valence-electron chi connectivity index (χ3n) is 3.36. The molecule has 2 aliphatic heterocycles. The first-order valence-electron chi connectivity index (χ1n) is 5.29. The summed E-state index contributed by atoms with van der Waals surface area (Å²) in [7, 11) is 0. The molecule has 1 N–H and O–H groups in total. The fraction of sp³-hybridized carbons (Fsp3) is 0.818. The Labute approximate surface area is 86.1 Å². The van der Waals surface area contributed by atoms with Crippen molar-refractivity contribution in [1.82, 2.24) is 10.4 Å². The lowest BCUT2D eigenvalue weighted by molar-refractivity contribution is -0.0443. The third-order valence-corrected chi connectivity index (χ3v) is 3.36. The monoisotopic (exact) mass is 196 g/mol. The maximum absolute atomic E-state index is 5.68. The second kappa shape index (κ2) is 2.97. The van der Waals surface area contributed by atoms with Crippen molar-refractivity contribution in [3.05, 3.63) is 12.3 Å². The molecule has 2 saturated heterocycles. The van der Waals surface area contributed by atoms with Crippen LogP contribution >= 0.6 is 0 Å². The minimum absolute atomic E-state index is 0.0302. The molecule has 0 bridgehead atoms. The van der Waals surface area contributed by atoms with E-state index in [9.17, 15) is 0 Å². The third kappa shape index (κ3) is 1.44. The van der Waals surface area contributed by atoms with E-state index in [2.05, 4.69) is 37.7 Å². The van der Waals surface area contributed by atoms with E-state index in [0.29, 0.717) is 0 Å². The fourth-order valence-corrected chi connectivity index (χ4v) is 2.86. The van der Waals surface area contributed by atoms with Crippen LogP contribution in [0, 0.1) is 0 Å². The Kier molecular flexibility index (Phi) is 2.12. The lowest BCUT2D eigenvalue weighted by atomic mass is 9.91. The molecular formula is C11H20N2O. The van der Waals surface area contributed by atoms with Gasteiger partial charge in [-0.1, -0.05) is 6.58 Å². The molecule has 0 aliphatic carbocycles. The molecule has 2 rings (SSSR count). The first-order chi connectivity index (χ1) is 6.45. The molecule has 0 radical (unpaired) electrons. The molecular weight excluding hydrogens is 176 g/mol. The van der Waals surface area contributed by atoms with Crippen LogP contribution in [0.1, 0.15) is 33.6 Å². The molecule has 14 heavy (non-hydrogen) atoms. The van der Waals surface area contributed by atoms with Crippen LogP contribution in [-0.4, -0.2) is 29.1 Å². The zero-order chi connectivity index (χ0) is 10.4. The first-order valence-corrected chi connectivity index (χ1v) is 5.29. The average Bonchev–Trinajstić information content (AvgIpc) is 2.57. The number of allylic oxidation sites excluding steroid dienone is 1. The van der Waals surface area contributed by atoms with E-state index in [1.165, 1.54) is 0 Å². The zero-order valence-corrected chi connectivity index (χ0v) is 9.39. The number of hydrogen-bond acceptors (Lipinski definition) is 3. The van der Waals surface area contributed by atoms with Crippen molar-refractivity contribution in [2.75, 3.05) is 13.1 Å². The van der Waals surface area contributed by atoms with Gasteiger partial charge >= 0.3 is 0 Å². The fourth-order valence-electron chi connectivity index (χ4n) is 2.86. The summed E-state index contributed by atoms with van der Waals surface area (Å²) >= 11 is 0. The maximum Gasteiger partial charge on any atom is 0.110 e. The van der Waals surface area contributed by atoms with E-state index in [1.807, 2.05) is 0 Å². The van der Waals surface area contributed by atoms with Gasteiger partial charge in [-0.25, -0.2) is 5.48 Å². The summed E-state index contributed by atoms with van der Waals surface area (Å²) in [6, 6.07) is 0. The van der Waals surface area contributed by atoms with Crippen LogP contribution in [0.15, 0.2) is 12.3 Å². The topological polar surface area (TPSA) is 24.5 Å². The van der Waals surface area contributed by atoms with E-state index in [4.69, 9.17) is 4.84 Å². The Hall–Kier alpha value is -0.540. The van der Waals surface area contributed by atoms with Gasteiger partial charge in [0.1, 0.15) is 5.60 Å². The van der Waals surface area contributed by atoms with E-state index in [-0.39, 0.29) is 11.1 Å². The summed E-state index contributed by atoms with van der Waals surface area (Å²) in [5, 5.41) is 0. The Bertz CT molecular complexity index is 254. The highest BCUT2D eigenvalue weighted by atomic mass is 16.7. The highest BCUT2D eigenvalue weighted by Gasteiger charge is 2.51. The van der Waals surface area contributed by atoms with Crippen molar-refractivity contribution >= 4 is 0 Å². The van der Waals surface area contributed by atoms with Crippen molar-refractivity contribution in [3.63, 3.8) is 0 Å². The van der Waals surface area contributed by atoms with Gasteiger partial charge in [-0.05, 0) is 27.2 Å². The van der Waals surface area contributed by atoms with Crippen LogP contribution in [0.2, 0.25) is 0 Å². The first kappa shape index (κ1) is 9.99. The van der Waals surface area contributed by atoms with Gasteiger partial charge in [0.25, 0.3) is 0 Å². The van der Waals surface area contributed by atoms with Crippen LogP contribution in [0.25, 0.3) is 0 Å². The van der Waals surface area contributed by atoms with Crippen molar-refractivity contribution in [2.24, 2.45) is 0 Å². The highest BCUT2D eigenvalue weighted by Crippen LogP contribution is 2.42. The predicted molar refractivity (Wildman–Crippen MR) is 56.7 cm³/mol. The summed E-state index contributed by atoms with van der Waals surface area (Å²) < 4.78 is 0. The summed E-state index contributed by atoms with van der Waals surface area (Å²) in [4.78, 5) is 8.05. The number of hydrogen-bond donors (Lipinski definition) is 1. The number of likely N-dealkylation sites (tertiary alicyclic amines) is 1. The molecule has 3 heteroatoms. The summed E-state index contributed by atoms with van der Waals surface area (Å²) in [6.07, 6.45) is 2.19. The van der Waals surface area contributed by atoms with Crippen LogP contribution < -0.4 is 5.48 Å². The minimum Gasteiger partial charge on any atom is -0.367 e. The summed E-state index contributed by atoms with van der Waals surface area (Å²) in [5.74, 6) is 0. The largest absolute Gasteiger partial charge is 0.367 e. The normalized spacial score (nSPS) is 35.5. The maximum atomic E-state index is 5.68. The molecule has 0 aromatic carbocycles. The Morgan fingerprint density at radius 1 is 1.50 bits per heavy atom. The van der Waals surface area contributed by atoms with Gasteiger partial charge in [-0.3, -0.25) is 4.84 Å². The van der Waals surface area contributed by atoms with Gasteiger partial charge < -0.3 is 4.90 Å². The SMILES string of the molecule is C=C(C)N1CC2(CCNO2)CC1(C)C. The number of rotatable bonds is 1. The quantitative estimate of drug-likeness (QED) is 0.690. The van der Waals surface area contributed by atoms with E-state index in [0.717, 1.165) is 31.6 Å². The van der Waals surface area contributed by atoms with Gasteiger partial charge in [0.05, 0.1) is 0 Å². The Morgan fingerprint density at radius 2 is 2.21 bits per heavy atom. The van der Waals surface area contributed by atoms with Gasteiger partial charge in [-0.15, -0.1) is 0 Å². The van der Waals surface area contributed by atoms with Crippen LogP contribution in [0.4, 0.5) is 0 Å². The van der Waals surface area contributed by atoms with Crippen molar-refractivity contribution in [1.29, 1.82) is 0 Å². The van der Waals surface area contributed by atoms with Crippen molar-refractivity contribution in [3.8, 4) is 0 Å². The molecule has 80 valence electrons. The predicted octanol–water partition coefficient (Wildman–Crippen LogP) is 1.67. The molecule has 0 aromatic rings. The van der Waals surface area contributed by atoms with Gasteiger partial charge in [0.2, 0.25) is 0 Å². The van der Waals surface area contributed by atoms with Crippen LogP contribution in [0.5, 0.6) is 0 Å². The zero-order valence-electron chi connectivity index (χ0n) is 9.39. The molecule has 1 spiro atoms. The lowest BCUT2D eigenvalue weighted by Crippen LogP contribution is -2.36. The molecule has 0 saturated carbocycles. The van der Waals surface area contributed by atoms with E-state index in [1.54, 1.807) is 0 Å². The number of nitrogens with zero attached hydrogens (tertiary/aromatic N) is 1. The Balaban J connectivity index is 2.19. The summed E-state index contributed by atoms with van der Waals surface area (Å²) in [6.45, 7) is 12.6. The van der Waals surface area contributed by atoms with E-state index >= 15 is 0 Å². The van der Waals surface area contributed by atoms with Gasteiger partial charge in [-0.2, -0.15) is 0 Å². The molecule has 3 nitrogen and oxygen atoms in total. The molecule has 1 unspecified atom stereocenters. The second-order valence-electron chi connectivity index (χ2n) is 5.24. The molecule has 1 atom stereocenters. The lowest BCUT2D eigenvalue weighted by Gasteiger charge is -2.33. The van der Waals surface area contributed by atoms with Crippen LogP contribution in [0.3, 0.4) is 0 Å². The van der Waals surface area contributed by atoms with Gasteiger partial charge in [0.15, 0.2) is 0 Å². The smallest absolute Gasteiger partial charge is 0.110 e. The molecule has 2 heterocycles. The molecule has 0 amide bonds. The second-order valence-corrected chi connectivity index (χ2v) is 5.24.